The Morgan fingerprint density at radius 2 is 2.03 bits per heavy atom. The van der Waals surface area contributed by atoms with E-state index in [0.29, 0.717) is 11.3 Å². The van der Waals surface area contributed by atoms with Crippen LogP contribution in [0.3, 0.4) is 0 Å². The molecule has 31 heavy (non-hydrogen) atoms. The van der Waals surface area contributed by atoms with E-state index in [2.05, 4.69) is 15.9 Å². The largest absolute Gasteiger partial charge is 0.466 e. The van der Waals surface area contributed by atoms with Crippen molar-refractivity contribution in [1.29, 1.82) is 5.26 Å². The third-order valence-corrected chi connectivity index (χ3v) is 6.00. The molecular formula is C23H18BrN3O4. The number of carbonyl (C=O) groups is 2. The molecule has 8 heteroatoms. The lowest BCUT2D eigenvalue weighted by Gasteiger charge is -2.34. The molecule has 0 saturated heterocycles. The summed E-state index contributed by atoms with van der Waals surface area (Å²) >= 11 is 3.45. The second-order valence-corrected chi connectivity index (χ2v) is 8.08. The molecular weight excluding hydrogens is 462 g/mol. The zero-order chi connectivity index (χ0) is 22.3. The Labute approximate surface area is 187 Å². The van der Waals surface area contributed by atoms with Crippen LogP contribution in [-0.4, -0.2) is 19.0 Å². The predicted molar refractivity (Wildman–Crippen MR) is 116 cm³/mol. The van der Waals surface area contributed by atoms with Crippen LogP contribution in [0.4, 0.5) is 5.69 Å². The summed E-state index contributed by atoms with van der Waals surface area (Å²) < 4.78 is 11.3. The maximum Gasteiger partial charge on any atom is 0.339 e. The summed E-state index contributed by atoms with van der Waals surface area (Å²) in [6.45, 7) is 1.77. The fraction of sp³-hybridized carbons (Fsp3) is 0.174. The number of para-hydroxylation sites is 1. The maximum atomic E-state index is 14.1. The summed E-state index contributed by atoms with van der Waals surface area (Å²) in [7, 11) is 1.22. The second kappa shape index (κ2) is 7.60. The zero-order valence-corrected chi connectivity index (χ0v) is 18.4. The van der Waals surface area contributed by atoms with Gasteiger partial charge in [-0.05, 0) is 30.7 Å². The Morgan fingerprint density at radius 1 is 1.29 bits per heavy atom. The van der Waals surface area contributed by atoms with E-state index in [0.717, 1.165) is 10.0 Å². The van der Waals surface area contributed by atoms with Crippen molar-refractivity contribution in [2.75, 3.05) is 12.0 Å². The fourth-order valence-corrected chi connectivity index (χ4v) is 4.74. The van der Waals surface area contributed by atoms with Crippen molar-refractivity contribution in [3.8, 4) is 6.07 Å². The molecule has 1 unspecified atom stereocenters. The van der Waals surface area contributed by atoms with Gasteiger partial charge in [0, 0.05) is 15.7 Å². The smallest absolute Gasteiger partial charge is 0.339 e. The van der Waals surface area contributed by atoms with Gasteiger partial charge in [-0.2, -0.15) is 5.26 Å². The third-order valence-electron chi connectivity index (χ3n) is 5.51. The van der Waals surface area contributed by atoms with E-state index in [4.69, 9.17) is 15.2 Å². The molecule has 0 aliphatic carbocycles. The molecule has 0 fully saturated rings. The lowest BCUT2D eigenvalue weighted by atomic mass is 9.68. The first kappa shape index (κ1) is 20.7. The number of carbonyl (C=O) groups excluding carboxylic acids is 2. The molecule has 4 rings (SSSR count). The number of nitrogens with two attached hydrogens (primary N) is 1. The number of anilines is 1. The summed E-state index contributed by atoms with van der Waals surface area (Å²) in [4.78, 5) is 28.5. The molecule has 2 aromatic rings. The summed E-state index contributed by atoms with van der Waals surface area (Å²) in [5.74, 6) is -1.31. The number of benzene rings is 2. The Morgan fingerprint density at radius 3 is 2.71 bits per heavy atom. The van der Waals surface area contributed by atoms with Gasteiger partial charge in [0.2, 0.25) is 11.8 Å². The molecule has 2 aliphatic heterocycles. The van der Waals surface area contributed by atoms with Gasteiger partial charge in [0.25, 0.3) is 0 Å². The van der Waals surface area contributed by atoms with E-state index in [9.17, 15) is 14.9 Å². The van der Waals surface area contributed by atoms with Gasteiger partial charge in [-0.3, -0.25) is 4.79 Å². The van der Waals surface area contributed by atoms with Crippen molar-refractivity contribution in [2.24, 2.45) is 5.73 Å². The van der Waals surface area contributed by atoms with Crippen LogP contribution in [-0.2, 0) is 31.0 Å². The number of fused-ring (bicyclic) bond motifs is 2. The molecule has 2 aromatic carbocycles. The van der Waals surface area contributed by atoms with Crippen LogP contribution in [0.2, 0.25) is 0 Å². The summed E-state index contributed by atoms with van der Waals surface area (Å²) in [5, 5.41) is 9.98. The first-order chi connectivity index (χ1) is 14.9. The third kappa shape index (κ3) is 2.93. The first-order valence-corrected chi connectivity index (χ1v) is 10.2. The molecule has 7 nitrogen and oxygen atoms in total. The van der Waals surface area contributed by atoms with E-state index in [1.165, 1.54) is 14.0 Å². The minimum atomic E-state index is -1.74. The standard InChI is InChI=1S/C23H18BrN3O4/c1-13-19(21(28)30-2)23(17(11-25)20(26)31-13)16-8-3-4-9-18(16)27(22(23)29)12-14-6-5-7-15(24)10-14/h3-10H,12,26H2,1-2H3. The minimum absolute atomic E-state index is 0.0463. The van der Waals surface area contributed by atoms with E-state index in [1.807, 2.05) is 30.3 Å². The van der Waals surface area contributed by atoms with Gasteiger partial charge in [-0.15, -0.1) is 0 Å². The second-order valence-electron chi connectivity index (χ2n) is 7.16. The molecule has 2 aliphatic rings. The first-order valence-electron chi connectivity index (χ1n) is 9.40. The van der Waals surface area contributed by atoms with Gasteiger partial charge >= 0.3 is 5.97 Å². The minimum Gasteiger partial charge on any atom is -0.466 e. The van der Waals surface area contributed by atoms with Crippen LogP contribution in [0, 0.1) is 11.3 Å². The van der Waals surface area contributed by atoms with Crippen molar-refractivity contribution >= 4 is 33.5 Å². The van der Waals surface area contributed by atoms with Crippen LogP contribution in [0.5, 0.6) is 0 Å². The highest BCUT2D eigenvalue weighted by atomic mass is 79.9. The van der Waals surface area contributed by atoms with Crippen LogP contribution in [0.1, 0.15) is 18.1 Å². The number of nitriles is 1. The topological polar surface area (TPSA) is 106 Å². The van der Waals surface area contributed by atoms with Crippen LogP contribution < -0.4 is 10.6 Å². The van der Waals surface area contributed by atoms with Crippen molar-refractivity contribution in [3.63, 3.8) is 0 Å². The van der Waals surface area contributed by atoms with E-state index >= 15 is 0 Å². The van der Waals surface area contributed by atoms with Gasteiger partial charge < -0.3 is 20.1 Å². The molecule has 1 amide bonds. The van der Waals surface area contributed by atoms with Crippen LogP contribution in [0.25, 0.3) is 0 Å². The number of rotatable bonds is 3. The van der Waals surface area contributed by atoms with E-state index in [1.54, 1.807) is 29.2 Å². The molecule has 0 bridgehead atoms. The Bertz CT molecular complexity index is 1230. The summed E-state index contributed by atoms with van der Waals surface area (Å²) in [5.41, 5.74) is 6.07. The van der Waals surface area contributed by atoms with Crippen molar-refractivity contribution in [2.45, 2.75) is 18.9 Å². The Balaban J connectivity index is 2.00. The summed E-state index contributed by atoms with van der Waals surface area (Å²) in [6.07, 6.45) is 0. The lowest BCUT2D eigenvalue weighted by Crippen LogP contribution is -2.48. The number of esters is 1. The number of allylic oxidation sites excluding steroid dienone is 1. The van der Waals surface area contributed by atoms with Crippen molar-refractivity contribution < 1.29 is 19.1 Å². The van der Waals surface area contributed by atoms with Gasteiger partial charge in [-0.1, -0.05) is 46.3 Å². The highest BCUT2D eigenvalue weighted by Crippen LogP contribution is 2.54. The molecule has 0 aromatic heterocycles. The fourth-order valence-electron chi connectivity index (χ4n) is 4.29. The number of ether oxygens (including phenoxy) is 2. The number of methoxy groups -OCH3 is 1. The quantitative estimate of drug-likeness (QED) is 0.676. The molecule has 1 spiro atoms. The van der Waals surface area contributed by atoms with Gasteiger partial charge in [0.05, 0.1) is 13.7 Å². The molecule has 2 N–H and O–H groups in total. The Kier molecular flexibility index (Phi) is 5.07. The SMILES string of the molecule is COC(=O)C1=C(C)OC(N)=C(C#N)C12C(=O)N(Cc1cccc(Br)c1)c1ccccc12. The predicted octanol–water partition coefficient (Wildman–Crippen LogP) is 3.40. The number of nitrogens with zero attached hydrogens (tertiary/aromatic N) is 2. The monoisotopic (exact) mass is 479 g/mol. The number of hydrogen-bond acceptors (Lipinski definition) is 6. The molecule has 2 heterocycles. The molecule has 156 valence electrons. The van der Waals surface area contributed by atoms with E-state index < -0.39 is 17.3 Å². The highest BCUT2D eigenvalue weighted by molar-refractivity contribution is 9.10. The number of halogens is 1. The molecule has 1 atom stereocenters. The molecule has 0 radical (unpaired) electrons. The van der Waals surface area contributed by atoms with Crippen LogP contribution >= 0.6 is 15.9 Å². The summed E-state index contributed by atoms with van der Waals surface area (Å²) in [6, 6.07) is 16.6. The van der Waals surface area contributed by atoms with Crippen LogP contribution in [0.15, 0.2) is 75.8 Å². The molecule has 0 saturated carbocycles. The average Bonchev–Trinajstić information content (AvgIpc) is 2.97. The highest BCUT2D eigenvalue weighted by Gasteiger charge is 2.62. The van der Waals surface area contributed by atoms with Crippen molar-refractivity contribution in [3.05, 3.63) is 86.9 Å². The zero-order valence-electron chi connectivity index (χ0n) is 16.8. The number of hydrogen-bond donors (Lipinski definition) is 1. The lowest BCUT2D eigenvalue weighted by molar-refractivity contribution is -0.138. The maximum absolute atomic E-state index is 14.1. The van der Waals surface area contributed by atoms with Crippen molar-refractivity contribution in [1.82, 2.24) is 0 Å². The average molecular weight is 480 g/mol. The van der Waals surface area contributed by atoms with Gasteiger partial charge in [0.1, 0.15) is 23.0 Å². The van der Waals surface area contributed by atoms with Gasteiger partial charge in [0.15, 0.2) is 5.41 Å². The van der Waals surface area contributed by atoms with E-state index in [-0.39, 0.29) is 29.3 Å². The number of amides is 1. The van der Waals surface area contributed by atoms with Gasteiger partial charge in [-0.25, -0.2) is 4.79 Å². The Hall–Kier alpha value is -3.57. The normalized spacial score (nSPS) is 19.9.